The van der Waals surface area contributed by atoms with Crippen molar-refractivity contribution in [3.8, 4) is 0 Å². The van der Waals surface area contributed by atoms with Gasteiger partial charge in [-0.05, 0) is 25.0 Å². The maximum absolute atomic E-state index is 4.06. The van der Waals surface area contributed by atoms with Crippen molar-refractivity contribution in [2.75, 3.05) is 4.90 Å². The van der Waals surface area contributed by atoms with Gasteiger partial charge in [0.15, 0.2) is 0 Å². The first kappa shape index (κ1) is 9.46. The van der Waals surface area contributed by atoms with E-state index in [1.807, 2.05) is 6.20 Å². The van der Waals surface area contributed by atoms with Crippen LogP contribution in [0.2, 0.25) is 0 Å². The van der Waals surface area contributed by atoms with Crippen LogP contribution in [-0.2, 0) is 13.0 Å². The molecule has 0 radical (unpaired) electrons. The van der Waals surface area contributed by atoms with Crippen LogP contribution < -0.4 is 4.90 Å². The maximum atomic E-state index is 4.06. The number of nitrogens with one attached hydrogen (secondary N) is 1. The SMILES string of the molecule is CC1Cc2ccccc2N1Cc1cnc[nH]1. The molecular weight excluding hydrogens is 198 g/mol. The van der Waals surface area contributed by atoms with Crippen molar-refractivity contribution in [2.24, 2.45) is 0 Å². The highest BCUT2D eigenvalue weighted by Crippen LogP contribution is 2.32. The van der Waals surface area contributed by atoms with Gasteiger partial charge in [-0.15, -0.1) is 0 Å². The minimum atomic E-state index is 0.570. The minimum Gasteiger partial charge on any atom is -0.362 e. The molecule has 0 aliphatic carbocycles. The smallest absolute Gasteiger partial charge is 0.0922 e. The zero-order valence-corrected chi connectivity index (χ0v) is 9.35. The third-order valence-corrected chi connectivity index (χ3v) is 3.24. The molecule has 82 valence electrons. The number of nitrogens with zero attached hydrogens (tertiary/aromatic N) is 2. The normalized spacial score (nSPS) is 18.8. The summed E-state index contributed by atoms with van der Waals surface area (Å²) in [7, 11) is 0. The molecule has 1 unspecified atom stereocenters. The number of rotatable bonds is 2. The Morgan fingerprint density at radius 2 is 2.31 bits per heavy atom. The summed E-state index contributed by atoms with van der Waals surface area (Å²) < 4.78 is 0. The average Bonchev–Trinajstić information content (AvgIpc) is 2.89. The number of fused-ring (bicyclic) bond motifs is 1. The van der Waals surface area contributed by atoms with Crippen molar-refractivity contribution in [1.82, 2.24) is 9.97 Å². The summed E-state index contributed by atoms with van der Waals surface area (Å²) in [5, 5.41) is 0. The van der Waals surface area contributed by atoms with Gasteiger partial charge >= 0.3 is 0 Å². The number of benzene rings is 1. The molecule has 1 aliphatic rings. The standard InChI is InChI=1S/C13H15N3/c1-10-6-11-4-2-3-5-13(11)16(10)8-12-7-14-9-15-12/h2-5,7,9-10H,6,8H2,1H3,(H,14,15). The minimum absolute atomic E-state index is 0.570. The highest BCUT2D eigenvalue weighted by Gasteiger charge is 2.25. The molecule has 2 heterocycles. The Morgan fingerprint density at radius 1 is 1.44 bits per heavy atom. The first-order chi connectivity index (χ1) is 7.84. The second kappa shape index (κ2) is 3.67. The predicted octanol–water partition coefficient (Wildman–Crippen LogP) is 2.36. The van der Waals surface area contributed by atoms with Gasteiger partial charge in [0, 0.05) is 17.9 Å². The lowest BCUT2D eigenvalue weighted by Crippen LogP contribution is -2.28. The number of anilines is 1. The maximum Gasteiger partial charge on any atom is 0.0922 e. The summed E-state index contributed by atoms with van der Waals surface area (Å²) in [6.45, 7) is 3.19. The Bertz CT molecular complexity index is 476. The van der Waals surface area contributed by atoms with Crippen LogP contribution in [0.3, 0.4) is 0 Å². The lowest BCUT2D eigenvalue weighted by atomic mass is 10.1. The van der Waals surface area contributed by atoms with E-state index in [1.54, 1.807) is 6.33 Å². The molecular formula is C13H15N3. The molecule has 0 bridgehead atoms. The number of aromatic nitrogens is 2. The Labute approximate surface area is 95.1 Å². The number of imidazole rings is 1. The van der Waals surface area contributed by atoms with E-state index in [0.29, 0.717) is 6.04 Å². The number of hydrogen-bond donors (Lipinski definition) is 1. The number of H-pyrrole nitrogens is 1. The fourth-order valence-corrected chi connectivity index (χ4v) is 2.43. The summed E-state index contributed by atoms with van der Waals surface area (Å²) in [6, 6.07) is 9.22. The number of para-hydroxylation sites is 1. The molecule has 3 heteroatoms. The van der Waals surface area contributed by atoms with Crippen LogP contribution in [0, 0.1) is 0 Å². The van der Waals surface area contributed by atoms with E-state index in [9.17, 15) is 0 Å². The molecule has 1 N–H and O–H groups in total. The van der Waals surface area contributed by atoms with Gasteiger partial charge in [-0.1, -0.05) is 18.2 Å². The first-order valence-corrected chi connectivity index (χ1v) is 5.66. The van der Waals surface area contributed by atoms with Crippen LogP contribution >= 0.6 is 0 Å². The van der Waals surface area contributed by atoms with Crippen molar-refractivity contribution in [1.29, 1.82) is 0 Å². The molecule has 0 saturated heterocycles. The van der Waals surface area contributed by atoms with E-state index in [1.165, 1.54) is 16.9 Å². The third kappa shape index (κ3) is 1.48. The predicted molar refractivity (Wildman–Crippen MR) is 64.4 cm³/mol. The molecule has 3 rings (SSSR count). The van der Waals surface area contributed by atoms with Gasteiger partial charge in [0.1, 0.15) is 0 Å². The van der Waals surface area contributed by atoms with Crippen LogP contribution in [0.1, 0.15) is 18.2 Å². The molecule has 1 aromatic carbocycles. The molecule has 0 saturated carbocycles. The molecule has 1 aromatic heterocycles. The summed E-state index contributed by atoms with van der Waals surface area (Å²) in [5.74, 6) is 0. The average molecular weight is 213 g/mol. The molecule has 3 nitrogen and oxygen atoms in total. The van der Waals surface area contributed by atoms with Gasteiger partial charge in [-0.25, -0.2) is 4.98 Å². The molecule has 1 atom stereocenters. The largest absolute Gasteiger partial charge is 0.362 e. The Morgan fingerprint density at radius 3 is 3.12 bits per heavy atom. The van der Waals surface area contributed by atoms with Crippen LogP contribution in [0.25, 0.3) is 0 Å². The molecule has 0 amide bonds. The fraction of sp³-hybridized carbons (Fsp3) is 0.308. The van der Waals surface area contributed by atoms with Crippen molar-refractivity contribution >= 4 is 5.69 Å². The van der Waals surface area contributed by atoms with Crippen LogP contribution in [0.15, 0.2) is 36.8 Å². The van der Waals surface area contributed by atoms with Crippen LogP contribution in [0.5, 0.6) is 0 Å². The molecule has 0 spiro atoms. The highest BCUT2D eigenvalue weighted by atomic mass is 15.2. The van der Waals surface area contributed by atoms with Gasteiger partial charge in [0.05, 0.1) is 18.6 Å². The van der Waals surface area contributed by atoms with Crippen molar-refractivity contribution in [3.05, 3.63) is 48.0 Å². The van der Waals surface area contributed by atoms with Crippen molar-refractivity contribution in [3.63, 3.8) is 0 Å². The van der Waals surface area contributed by atoms with Crippen molar-refractivity contribution in [2.45, 2.75) is 25.9 Å². The fourth-order valence-electron chi connectivity index (χ4n) is 2.43. The van der Waals surface area contributed by atoms with Gasteiger partial charge < -0.3 is 9.88 Å². The number of aromatic amines is 1. The van der Waals surface area contributed by atoms with E-state index < -0.39 is 0 Å². The lowest BCUT2D eigenvalue weighted by Gasteiger charge is -2.24. The summed E-state index contributed by atoms with van der Waals surface area (Å²) in [4.78, 5) is 9.66. The van der Waals surface area contributed by atoms with Crippen molar-refractivity contribution < 1.29 is 0 Å². The summed E-state index contributed by atoms with van der Waals surface area (Å²) in [5.41, 5.74) is 3.99. The second-order valence-corrected chi connectivity index (χ2v) is 4.39. The topological polar surface area (TPSA) is 31.9 Å². The molecule has 16 heavy (non-hydrogen) atoms. The van der Waals surface area contributed by atoms with Gasteiger partial charge in [-0.3, -0.25) is 0 Å². The summed E-state index contributed by atoms with van der Waals surface area (Å²) >= 11 is 0. The van der Waals surface area contributed by atoms with E-state index in [0.717, 1.165) is 13.0 Å². The molecule has 2 aromatic rings. The number of hydrogen-bond acceptors (Lipinski definition) is 2. The Hall–Kier alpha value is -1.77. The monoisotopic (exact) mass is 213 g/mol. The zero-order valence-electron chi connectivity index (χ0n) is 9.35. The first-order valence-electron chi connectivity index (χ1n) is 5.66. The van der Waals surface area contributed by atoms with E-state index >= 15 is 0 Å². The van der Waals surface area contributed by atoms with E-state index in [4.69, 9.17) is 0 Å². The van der Waals surface area contributed by atoms with E-state index in [-0.39, 0.29) is 0 Å². The van der Waals surface area contributed by atoms with E-state index in [2.05, 4.69) is 46.1 Å². The van der Waals surface area contributed by atoms with Gasteiger partial charge in [0.2, 0.25) is 0 Å². The van der Waals surface area contributed by atoms with Crippen LogP contribution in [-0.4, -0.2) is 16.0 Å². The highest BCUT2D eigenvalue weighted by molar-refractivity contribution is 5.59. The lowest BCUT2D eigenvalue weighted by molar-refractivity contribution is 0.666. The van der Waals surface area contributed by atoms with Crippen LogP contribution in [0.4, 0.5) is 5.69 Å². The molecule has 1 aliphatic heterocycles. The Kier molecular flexibility index (Phi) is 2.17. The zero-order chi connectivity index (χ0) is 11.0. The second-order valence-electron chi connectivity index (χ2n) is 4.39. The Balaban J connectivity index is 1.90. The molecule has 0 fully saturated rings. The third-order valence-electron chi connectivity index (χ3n) is 3.24. The quantitative estimate of drug-likeness (QED) is 0.830. The van der Waals surface area contributed by atoms with Gasteiger partial charge in [0.25, 0.3) is 0 Å². The summed E-state index contributed by atoms with van der Waals surface area (Å²) in [6.07, 6.45) is 4.78. The van der Waals surface area contributed by atoms with Gasteiger partial charge in [-0.2, -0.15) is 0 Å².